The molecule has 0 atom stereocenters. The van der Waals surface area contributed by atoms with Gasteiger partial charge in [-0.15, -0.1) is 0 Å². The molecule has 21 heavy (non-hydrogen) atoms. The molecule has 0 N–H and O–H groups in total. The largest absolute Gasteiger partial charge is 0.491 e. The zero-order valence-electron chi connectivity index (χ0n) is 12.4. The molecule has 1 aromatic rings. The van der Waals surface area contributed by atoms with Gasteiger partial charge in [0, 0.05) is 12.5 Å². The Kier molecular flexibility index (Phi) is 8.40. The molecular formula is C16H22F2O3. The lowest BCUT2D eigenvalue weighted by atomic mass is 10.0. The molecule has 0 amide bonds. The van der Waals surface area contributed by atoms with Crippen LogP contribution in [0.3, 0.4) is 0 Å². The van der Waals surface area contributed by atoms with Crippen LogP contribution in [0.2, 0.25) is 0 Å². The number of ether oxygens (including phenoxy) is 2. The van der Waals surface area contributed by atoms with Crippen molar-refractivity contribution in [3.05, 3.63) is 23.8 Å². The number of halogens is 2. The number of carbonyl (C=O) groups excluding carboxylic acids is 1. The average Bonchev–Trinajstić information content (AvgIpc) is 2.51. The van der Waals surface area contributed by atoms with E-state index in [1.54, 1.807) is 12.1 Å². The number of hydrogen-bond donors (Lipinski definition) is 0. The molecule has 0 fully saturated rings. The van der Waals surface area contributed by atoms with Crippen LogP contribution >= 0.6 is 0 Å². The van der Waals surface area contributed by atoms with E-state index in [1.807, 2.05) is 0 Å². The molecule has 1 rings (SSSR count). The highest BCUT2D eigenvalue weighted by Crippen LogP contribution is 2.27. The summed E-state index contributed by atoms with van der Waals surface area (Å²) in [7, 11) is 0. The van der Waals surface area contributed by atoms with Crippen LogP contribution in [0.4, 0.5) is 8.78 Å². The lowest BCUT2D eigenvalue weighted by molar-refractivity contribution is 0.0974. The average molecular weight is 300 g/mol. The molecule has 3 nitrogen and oxygen atoms in total. The maximum Gasteiger partial charge on any atom is 0.166 e. The van der Waals surface area contributed by atoms with Crippen LogP contribution in [-0.4, -0.2) is 32.3 Å². The van der Waals surface area contributed by atoms with Crippen molar-refractivity contribution < 1.29 is 23.0 Å². The Morgan fingerprint density at radius 1 is 1.10 bits per heavy atom. The molecule has 0 radical (unpaired) electrons. The first kappa shape index (κ1) is 17.4. The lowest BCUT2D eigenvalue weighted by Crippen LogP contribution is -2.07. The molecule has 0 saturated carbocycles. The highest BCUT2D eigenvalue weighted by atomic mass is 19.1. The van der Waals surface area contributed by atoms with Crippen LogP contribution in [0.15, 0.2) is 18.2 Å². The highest BCUT2D eigenvalue weighted by Gasteiger charge is 2.14. The predicted octanol–water partition coefficient (Wildman–Crippen LogP) is 4.15. The maximum absolute atomic E-state index is 12.3. The van der Waals surface area contributed by atoms with Crippen LogP contribution in [0.5, 0.6) is 11.5 Å². The maximum atomic E-state index is 12.3. The van der Waals surface area contributed by atoms with Crippen molar-refractivity contribution in [1.82, 2.24) is 0 Å². The van der Waals surface area contributed by atoms with Gasteiger partial charge in [0.1, 0.15) is 38.1 Å². The Balaban J connectivity index is 2.81. The van der Waals surface area contributed by atoms with E-state index in [9.17, 15) is 13.6 Å². The molecule has 0 aromatic heterocycles. The van der Waals surface area contributed by atoms with E-state index < -0.39 is 13.3 Å². The molecule has 0 aliphatic carbocycles. The van der Waals surface area contributed by atoms with Gasteiger partial charge >= 0.3 is 0 Å². The third-order valence-corrected chi connectivity index (χ3v) is 2.94. The van der Waals surface area contributed by atoms with Gasteiger partial charge in [0.05, 0.1) is 5.56 Å². The second kappa shape index (κ2) is 10.1. The van der Waals surface area contributed by atoms with Gasteiger partial charge in [0.2, 0.25) is 0 Å². The highest BCUT2D eigenvalue weighted by molar-refractivity contribution is 5.98. The second-order valence-electron chi connectivity index (χ2n) is 4.61. The minimum absolute atomic E-state index is 0.0330. The summed E-state index contributed by atoms with van der Waals surface area (Å²) in [5.41, 5.74) is 0.423. The fourth-order valence-electron chi connectivity index (χ4n) is 1.92. The summed E-state index contributed by atoms with van der Waals surface area (Å²) in [6, 6.07) is 4.71. The van der Waals surface area contributed by atoms with E-state index >= 15 is 0 Å². The fraction of sp³-hybridized carbons (Fsp3) is 0.562. The minimum atomic E-state index is -0.640. The van der Waals surface area contributed by atoms with E-state index in [1.165, 1.54) is 6.07 Å². The number of ketones is 1. The van der Waals surface area contributed by atoms with Gasteiger partial charge in [-0.05, 0) is 18.6 Å². The summed E-state index contributed by atoms with van der Waals surface area (Å²) in [5, 5.41) is 0. The fourth-order valence-corrected chi connectivity index (χ4v) is 1.92. The molecular weight excluding hydrogens is 278 g/mol. The third kappa shape index (κ3) is 6.10. The number of alkyl halides is 2. The van der Waals surface area contributed by atoms with E-state index in [0.29, 0.717) is 23.5 Å². The van der Waals surface area contributed by atoms with Gasteiger partial charge in [-0.3, -0.25) is 4.79 Å². The van der Waals surface area contributed by atoms with Crippen LogP contribution in [0.25, 0.3) is 0 Å². The standard InChI is InChI=1S/C16H22F2O3/c1-2-3-4-5-15(19)14-7-6-13(20-10-8-17)12-16(14)21-11-9-18/h6-7,12H,2-5,8-11H2,1H3. The Morgan fingerprint density at radius 3 is 2.48 bits per heavy atom. The van der Waals surface area contributed by atoms with E-state index in [4.69, 9.17) is 9.47 Å². The zero-order valence-corrected chi connectivity index (χ0v) is 12.4. The number of hydrogen-bond acceptors (Lipinski definition) is 3. The molecule has 0 bridgehead atoms. The smallest absolute Gasteiger partial charge is 0.166 e. The Hall–Kier alpha value is -1.65. The van der Waals surface area contributed by atoms with Crippen molar-refractivity contribution in [2.75, 3.05) is 26.6 Å². The Morgan fingerprint density at radius 2 is 1.81 bits per heavy atom. The summed E-state index contributed by atoms with van der Waals surface area (Å²) < 4.78 is 34.8. The number of rotatable bonds is 11. The van der Waals surface area contributed by atoms with Gasteiger partial charge < -0.3 is 9.47 Å². The third-order valence-electron chi connectivity index (χ3n) is 2.94. The SMILES string of the molecule is CCCCCC(=O)c1ccc(OCCF)cc1OCCF. The van der Waals surface area contributed by atoms with E-state index in [-0.39, 0.29) is 19.0 Å². The number of carbonyl (C=O) groups is 1. The van der Waals surface area contributed by atoms with Gasteiger partial charge in [-0.25, -0.2) is 8.78 Å². The number of benzene rings is 1. The molecule has 0 unspecified atom stereocenters. The molecule has 0 spiro atoms. The van der Waals surface area contributed by atoms with Crippen LogP contribution < -0.4 is 9.47 Å². The number of Topliss-reactive ketones (excluding diaryl/α,β-unsaturated/α-hetero) is 1. The zero-order chi connectivity index (χ0) is 15.5. The molecule has 0 heterocycles. The van der Waals surface area contributed by atoms with Crippen LogP contribution in [0.1, 0.15) is 43.0 Å². The van der Waals surface area contributed by atoms with Crippen molar-refractivity contribution in [2.24, 2.45) is 0 Å². The number of unbranched alkanes of at least 4 members (excludes halogenated alkanes) is 2. The van der Waals surface area contributed by atoms with Crippen molar-refractivity contribution in [3.63, 3.8) is 0 Å². The van der Waals surface area contributed by atoms with Crippen molar-refractivity contribution in [3.8, 4) is 11.5 Å². The van der Waals surface area contributed by atoms with Crippen molar-refractivity contribution >= 4 is 5.78 Å². The molecule has 0 aliphatic rings. The van der Waals surface area contributed by atoms with E-state index in [0.717, 1.165) is 19.3 Å². The quantitative estimate of drug-likeness (QED) is 0.455. The first-order valence-corrected chi connectivity index (χ1v) is 7.27. The summed E-state index contributed by atoms with van der Waals surface area (Å²) in [6.07, 6.45) is 3.28. The normalized spacial score (nSPS) is 10.4. The van der Waals surface area contributed by atoms with Gasteiger partial charge in [0.15, 0.2) is 5.78 Å². The monoisotopic (exact) mass is 300 g/mol. The first-order chi connectivity index (χ1) is 10.2. The van der Waals surface area contributed by atoms with Crippen molar-refractivity contribution in [2.45, 2.75) is 32.6 Å². The predicted molar refractivity (Wildman–Crippen MR) is 77.9 cm³/mol. The topological polar surface area (TPSA) is 35.5 Å². The summed E-state index contributed by atoms with van der Waals surface area (Å²) in [4.78, 5) is 12.2. The van der Waals surface area contributed by atoms with Gasteiger partial charge in [-0.1, -0.05) is 19.8 Å². The van der Waals surface area contributed by atoms with Gasteiger partial charge in [-0.2, -0.15) is 0 Å². The van der Waals surface area contributed by atoms with Crippen molar-refractivity contribution in [1.29, 1.82) is 0 Å². The van der Waals surface area contributed by atoms with Crippen LogP contribution in [-0.2, 0) is 0 Å². The second-order valence-corrected chi connectivity index (χ2v) is 4.61. The first-order valence-electron chi connectivity index (χ1n) is 7.27. The summed E-state index contributed by atoms with van der Waals surface area (Å²) >= 11 is 0. The summed E-state index contributed by atoms with van der Waals surface area (Å²) in [5.74, 6) is 0.673. The Labute approximate surface area is 124 Å². The van der Waals surface area contributed by atoms with Crippen LogP contribution in [0, 0.1) is 0 Å². The molecule has 1 aromatic carbocycles. The molecule has 5 heteroatoms. The Bertz CT molecular complexity index is 436. The van der Waals surface area contributed by atoms with Gasteiger partial charge in [0.25, 0.3) is 0 Å². The molecule has 118 valence electrons. The molecule has 0 saturated heterocycles. The van der Waals surface area contributed by atoms with E-state index in [2.05, 4.69) is 6.92 Å². The molecule has 0 aliphatic heterocycles. The summed E-state index contributed by atoms with van der Waals surface area (Å²) in [6.45, 7) is 0.642. The lowest BCUT2D eigenvalue weighted by Gasteiger charge is -2.12. The minimum Gasteiger partial charge on any atom is -0.491 e.